The first-order chi connectivity index (χ1) is 6.61. The zero-order chi connectivity index (χ0) is 10.6. The summed E-state index contributed by atoms with van der Waals surface area (Å²) in [5.41, 5.74) is 0. The molecule has 2 nitrogen and oxygen atoms in total. The molecule has 0 atom stereocenters. The van der Waals surface area contributed by atoms with Crippen LogP contribution >= 0.6 is 0 Å². The summed E-state index contributed by atoms with van der Waals surface area (Å²) >= 11 is 0. The van der Waals surface area contributed by atoms with Crippen molar-refractivity contribution in [2.45, 2.75) is 33.7 Å². The van der Waals surface area contributed by atoms with Crippen molar-refractivity contribution in [3.63, 3.8) is 0 Å². The molecule has 0 saturated heterocycles. The molecule has 0 aromatic carbocycles. The Kier molecular flexibility index (Phi) is 3.93. The highest BCUT2D eigenvalue weighted by Gasteiger charge is 2.12. The van der Waals surface area contributed by atoms with Gasteiger partial charge >= 0.3 is 0 Å². The van der Waals surface area contributed by atoms with Gasteiger partial charge in [-0.2, -0.15) is 0 Å². The monoisotopic (exact) mass is 192 g/mol. The van der Waals surface area contributed by atoms with E-state index in [0.29, 0.717) is 12.0 Å². The molecule has 2 heteroatoms. The van der Waals surface area contributed by atoms with E-state index in [9.17, 15) is 0 Å². The van der Waals surface area contributed by atoms with Crippen molar-refractivity contribution in [1.82, 2.24) is 4.98 Å². The molecule has 78 valence electrons. The summed E-state index contributed by atoms with van der Waals surface area (Å²) in [6, 6.07) is 6.57. The predicted octanol–water partition coefficient (Wildman–Crippen LogP) is 2.95. The molecule has 0 saturated carbocycles. The average Bonchev–Trinajstić information content (AvgIpc) is 2.15. The third kappa shape index (κ3) is 3.02. The van der Waals surface area contributed by atoms with Crippen LogP contribution in [0.15, 0.2) is 24.4 Å². The van der Waals surface area contributed by atoms with Gasteiger partial charge in [-0.25, -0.2) is 4.98 Å². The van der Waals surface area contributed by atoms with Crippen molar-refractivity contribution >= 4 is 5.82 Å². The van der Waals surface area contributed by atoms with Gasteiger partial charge in [-0.15, -0.1) is 0 Å². The largest absolute Gasteiger partial charge is 0.354 e. The van der Waals surface area contributed by atoms with E-state index in [1.165, 1.54) is 0 Å². The Morgan fingerprint density at radius 1 is 1.21 bits per heavy atom. The summed E-state index contributed by atoms with van der Waals surface area (Å²) in [7, 11) is 0. The molecule has 0 bridgehead atoms. The highest BCUT2D eigenvalue weighted by atomic mass is 15.2. The minimum Gasteiger partial charge on any atom is -0.354 e. The summed E-state index contributed by atoms with van der Waals surface area (Å²) in [5.74, 6) is 1.75. The summed E-state index contributed by atoms with van der Waals surface area (Å²) in [5, 5.41) is 0. The molecule has 0 fully saturated rings. The third-order valence-electron chi connectivity index (χ3n) is 2.13. The number of aromatic nitrogens is 1. The maximum absolute atomic E-state index is 4.38. The number of nitrogens with zero attached hydrogens (tertiary/aromatic N) is 2. The third-order valence-corrected chi connectivity index (χ3v) is 2.13. The van der Waals surface area contributed by atoms with Crippen LogP contribution in [0.4, 0.5) is 5.82 Å². The van der Waals surface area contributed by atoms with Gasteiger partial charge in [0, 0.05) is 18.8 Å². The molecule has 14 heavy (non-hydrogen) atoms. The van der Waals surface area contributed by atoms with E-state index in [4.69, 9.17) is 0 Å². The molecule has 1 aromatic heterocycles. The van der Waals surface area contributed by atoms with Crippen molar-refractivity contribution in [3.05, 3.63) is 24.4 Å². The summed E-state index contributed by atoms with van der Waals surface area (Å²) in [6.07, 6.45) is 1.85. The van der Waals surface area contributed by atoms with Gasteiger partial charge in [0.15, 0.2) is 0 Å². The van der Waals surface area contributed by atoms with Crippen LogP contribution in [0.25, 0.3) is 0 Å². The molecule has 0 spiro atoms. The van der Waals surface area contributed by atoms with Crippen LogP contribution in [-0.4, -0.2) is 17.6 Å². The first-order valence-electron chi connectivity index (χ1n) is 5.29. The Morgan fingerprint density at radius 2 is 1.93 bits per heavy atom. The number of anilines is 1. The second-order valence-electron chi connectivity index (χ2n) is 4.33. The van der Waals surface area contributed by atoms with Gasteiger partial charge in [0.25, 0.3) is 0 Å². The molecule has 0 N–H and O–H groups in total. The molecule has 0 radical (unpaired) electrons. The lowest BCUT2D eigenvalue weighted by atomic mass is 10.2. The van der Waals surface area contributed by atoms with Gasteiger partial charge in [0.1, 0.15) is 5.82 Å². The van der Waals surface area contributed by atoms with Crippen molar-refractivity contribution < 1.29 is 0 Å². The molecule has 0 aliphatic carbocycles. The fourth-order valence-electron chi connectivity index (χ4n) is 1.49. The fraction of sp³-hybridized carbons (Fsp3) is 0.583. The lowest BCUT2D eigenvalue weighted by Gasteiger charge is -2.29. The van der Waals surface area contributed by atoms with Crippen LogP contribution < -0.4 is 4.90 Å². The first-order valence-corrected chi connectivity index (χ1v) is 5.29. The summed E-state index contributed by atoms with van der Waals surface area (Å²) in [4.78, 5) is 6.72. The second kappa shape index (κ2) is 4.99. The van der Waals surface area contributed by atoms with E-state index < -0.39 is 0 Å². The molecular formula is C12H20N2. The van der Waals surface area contributed by atoms with Crippen LogP contribution in [0.3, 0.4) is 0 Å². The van der Waals surface area contributed by atoms with Crippen LogP contribution in [-0.2, 0) is 0 Å². The van der Waals surface area contributed by atoms with E-state index in [1.54, 1.807) is 0 Å². The Labute approximate surface area is 87.0 Å². The molecule has 1 heterocycles. The standard InChI is InChI=1S/C12H20N2/c1-10(2)9-14(11(3)4)12-7-5-6-8-13-12/h5-8,10-11H,9H2,1-4H3. The number of rotatable bonds is 4. The smallest absolute Gasteiger partial charge is 0.128 e. The Bertz CT molecular complexity index is 254. The molecule has 1 aromatic rings. The second-order valence-corrected chi connectivity index (χ2v) is 4.33. The van der Waals surface area contributed by atoms with Crippen LogP contribution in [0.2, 0.25) is 0 Å². The van der Waals surface area contributed by atoms with Crippen molar-refractivity contribution in [3.8, 4) is 0 Å². The molecule has 0 unspecified atom stereocenters. The maximum Gasteiger partial charge on any atom is 0.128 e. The molecule has 0 aliphatic rings. The molecule has 1 rings (SSSR count). The van der Waals surface area contributed by atoms with Crippen LogP contribution in [0, 0.1) is 5.92 Å². The highest BCUT2D eigenvalue weighted by Crippen LogP contribution is 2.14. The minimum atomic E-state index is 0.507. The van der Waals surface area contributed by atoms with Gasteiger partial charge in [-0.05, 0) is 31.9 Å². The molecular weight excluding hydrogens is 172 g/mol. The summed E-state index contributed by atoms with van der Waals surface area (Å²) in [6.45, 7) is 9.94. The van der Waals surface area contributed by atoms with Crippen molar-refractivity contribution in [1.29, 1.82) is 0 Å². The Hall–Kier alpha value is -1.05. The number of pyridine rings is 1. The van der Waals surface area contributed by atoms with Gasteiger partial charge in [-0.1, -0.05) is 19.9 Å². The normalized spacial score (nSPS) is 11.0. The van der Waals surface area contributed by atoms with E-state index in [0.717, 1.165) is 12.4 Å². The fourth-order valence-corrected chi connectivity index (χ4v) is 1.49. The van der Waals surface area contributed by atoms with Crippen molar-refractivity contribution in [2.24, 2.45) is 5.92 Å². The first kappa shape index (κ1) is 11.0. The molecule has 0 amide bonds. The highest BCUT2D eigenvalue weighted by molar-refractivity contribution is 5.38. The van der Waals surface area contributed by atoms with Gasteiger partial charge < -0.3 is 4.90 Å². The van der Waals surface area contributed by atoms with Gasteiger partial charge in [0.05, 0.1) is 0 Å². The van der Waals surface area contributed by atoms with E-state index in [2.05, 4.69) is 43.6 Å². The lowest BCUT2D eigenvalue weighted by molar-refractivity contribution is 0.566. The topological polar surface area (TPSA) is 16.1 Å². The zero-order valence-electron chi connectivity index (χ0n) is 9.57. The van der Waals surface area contributed by atoms with Crippen molar-refractivity contribution in [2.75, 3.05) is 11.4 Å². The zero-order valence-corrected chi connectivity index (χ0v) is 9.57. The van der Waals surface area contributed by atoms with Gasteiger partial charge in [-0.3, -0.25) is 0 Å². The van der Waals surface area contributed by atoms with Gasteiger partial charge in [0.2, 0.25) is 0 Å². The number of hydrogen-bond donors (Lipinski definition) is 0. The molecule has 0 aliphatic heterocycles. The Balaban J connectivity index is 2.78. The average molecular weight is 192 g/mol. The minimum absolute atomic E-state index is 0.507. The maximum atomic E-state index is 4.38. The summed E-state index contributed by atoms with van der Waals surface area (Å²) < 4.78 is 0. The Morgan fingerprint density at radius 3 is 2.36 bits per heavy atom. The van der Waals surface area contributed by atoms with Crippen LogP contribution in [0.1, 0.15) is 27.7 Å². The van der Waals surface area contributed by atoms with E-state index in [1.807, 2.05) is 18.3 Å². The lowest BCUT2D eigenvalue weighted by Crippen LogP contribution is -2.34. The van der Waals surface area contributed by atoms with Crippen LogP contribution in [0.5, 0.6) is 0 Å². The number of hydrogen-bond acceptors (Lipinski definition) is 2. The van der Waals surface area contributed by atoms with E-state index >= 15 is 0 Å². The van der Waals surface area contributed by atoms with E-state index in [-0.39, 0.29) is 0 Å². The SMILES string of the molecule is CC(C)CN(c1ccccn1)C(C)C. The predicted molar refractivity (Wildman–Crippen MR) is 61.6 cm³/mol. The quantitative estimate of drug-likeness (QED) is 0.729.